The summed E-state index contributed by atoms with van der Waals surface area (Å²) in [5.41, 5.74) is 5.29. The Bertz CT molecular complexity index is 1010. The van der Waals surface area contributed by atoms with E-state index in [0.717, 1.165) is 89.9 Å². The van der Waals surface area contributed by atoms with Crippen molar-refractivity contribution in [3.8, 4) is 0 Å². The third kappa shape index (κ3) is 30.8. The molecular formula is C36H62NO10P. The zero-order valence-corrected chi connectivity index (χ0v) is 30.2. The van der Waals surface area contributed by atoms with Crippen LogP contribution in [0.3, 0.4) is 0 Å². The number of unbranched alkanes of at least 4 members (excludes halogenated alkanes) is 10. The normalized spacial score (nSPS) is 14.6. The van der Waals surface area contributed by atoms with E-state index in [1.165, 1.54) is 0 Å². The van der Waals surface area contributed by atoms with Gasteiger partial charge in [-0.05, 0) is 51.4 Å². The van der Waals surface area contributed by atoms with Crippen molar-refractivity contribution in [3.05, 3.63) is 48.6 Å². The van der Waals surface area contributed by atoms with Crippen molar-refractivity contribution in [1.29, 1.82) is 0 Å². The molecule has 48 heavy (non-hydrogen) atoms. The van der Waals surface area contributed by atoms with E-state index >= 15 is 0 Å². The standard InChI is InChI=1S/C36H62NO10P/c1-3-5-7-9-10-11-12-13-14-15-16-17-18-19-20-21-22-24-26-28-35(39)47-32(29-44-34(38)27-25-23-8-6-4-2)30-45-48(42,43)46-31-33(37)36(40)41/h5,7,10-11,13-14,16-17,32-33H,3-4,6,8-9,12,15,18-31,37H2,1-2H3,(H,40,41)(H,42,43)/b7-5-,11-10-,14-13-,17-16-. The van der Waals surface area contributed by atoms with E-state index in [2.05, 4.69) is 67.0 Å². The molecule has 0 aromatic carbocycles. The van der Waals surface area contributed by atoms with Gasteiger partial charge in [0.2, 0.25) is 0 Å². The Balaban J connectivity index is 4.35. The predicted molar refractivity (Wildman–Crippen MR) is 189 cm³/mol. The lowest BCUT2D eigenvalue weighted by Crippen LogP contribution is -2.34. The molecule has 0 aromatic heterocycles. The van der Waals surface area contributed by atoms with Gasteiger partial charge in [0.1, 0.15) is 12.6 Å². The lowest BCUT2D eigenvalue weighted by Gasteiger charge is -2.20. The van der Waals surface area contributed by atoms with Crippen LogP contribution >= 0.6 is 7.82 Å². The highest BCUT2D eigenvalue weighted by atomic mass is 31.2. The van der Waals surface area contributed by atoms with Crippen molar-refractivity contribution in [2.24, 2.45) is 5.73 Å². The number of esters is 2. The second kappa shape index (κ2) is 31.7. The van der Waals surface area contributed by atoms with Gasteiger partial charge in [0.05, 0.1) is 13.2 Å². The number of phosphoric ester groups is 1. The molecule has 0 aliphatic heterocycles. The minimum atomic E-state index is -4.70. The average molecular weight is 700 g/mol. The van der Waals surface area contributed by atoms with E-state index in [1.54, 1.807) is 0 Å². The largest absolute Gasteiger partial charge is 0.480 e. The van der Waals surface area contributed by atoms with E-state index < -0.39 is 51.1 Å². The first-order chi connectivity index (χ1) is 23.1. The molecule has 3 unspecified atom stereocenters. The minimum Gasteiger partial charge on any atom is -0.480 e. The Hall–Kier alpha value is -2.56. The van der Waals surface area contributed by atoms with Crippen molar-refractivity contribution in [1.82, 2.24) is 0 Å². The van der Waals surface area contributed by atoms with E-state index in [-0.39, 0.29) is 19.4 Å². The SMILES string of the molecule is CC/C=C\C/C=C\C/C=C\C/C=C\CCCCCCCCC(=O)OC(COC(=O)CCCCCCC)COP(=O)(O)OCC(N)C(=O)O. The molecular weight excluding hydrogens is 637 g/mol. The number of carboxylic acid groups (broad SMARTS) is 1. The van der Waals surface area contributed by atoms with E-state index in [0.29, 0.717) is 12.8 Å². The van der Waals surface area contributed by atoms with Gasteiger partial charge in [-0.3, -0.25) is 23.4 Å². The fraction of sp³-hybridized carbons (Fsp3) is 0.694. The third-order valence-electron chi connectivity index (χ3n) is 7.09. The fourth-order valence-corrected chi connectivity index (χ4v) is 5.07. The van der Waals surface area contributed by atoms with Crippen LogP contribution in [0.15, 0.2) is 48.6 Å². The Morgan fingerprint density at radius 1 is 0.667 bits per heavy atom. The maximum Gasteiger partial charge on any atom is 0.472 e. The maximum absolute atomic E-state index is 12.5. The summed E-state index contributed by atoms with van der Waals surface area (Å²) >= 11 is 0. The van der Waals surface area contributed by atoms with Crippen molar-refractivity contribution < 1.29 is 47.5 Å². The molecule has 0 saturated heterocycles. The summed E-state index contributed by atoms with van der Waals surface area (Å²) in [4.78, 5) is 45.3. The van der Waals surface area contributed by atoms with Crippen LogP contribution < -0.4 is 5.73 Å². The van der Waals surface area contributed by atoms with Crippen molar-refractivity contribution >= 4 is 25.7 Å². The van der Waals surface area contributed by atoms with Gasteiger partial charge in [-0.1, -0.05) is 114 Å². The smallest absolute Gasteiger partial charge is 0.472 e. The number of carbonyl (C=O) groups excluding carboxylic acids is 2. The number of phosphoric acid groups is 1. The molecule has 0 aliphatic carbocycles. The number of ether oxygens (including phenoxy) is 2. The quantitative estimate of drug-likeness (QED) is 0.0267. The molecule has 276 valence electrons. The van der Waals surface area contributed by atoms with Crippen molar-refractivity contribution in [3.63, 3.8) is 0 Å². The van der Waals surface area contributed by atoms with Crippen LogP contribution in [-0.2, 0) is 37.5 Å². The molecule has 0 fully saturated rings. The second-order valence-electron chi connectivity index (χ2n) is 11.6. The van der Waals surface area contributed by atoms with E-state index in [4.69, 9.17) is 24.8 Å². The van der Waals surface area contributed by atoms with Crippen LogP contribution in [0.5, 0.6) is 0 Å². The number of carbonyl (C=O) groups is 3. The van der Waals surface area contributed by atoms with Crippen LogP contribution in [0.1, 0.15) is 129 Å². The lowest BCUT2D eigenvalue weighted by atomic mass is 10.1. The maximum atomic E-state index is 12.5. The molecule has 0 saturated carbocycles. The molecule has 12 heteroatoms. The average Bonchev–Trinajstić information content (AvgIpc) is 3.05. The number of allylic oxidation sites excluding steroid dienone is 8. The van der Waals surface area contributed by atoms with Gasteiger partial charge in [-0.15, -0.1) is 0 Å². The van der Waals surface area contributed by atoms with Crippen LogP contribution in [0.4, 0.5) is 0 Å². The fourth-order valence-electron chi connectivity index (χ4n) is 4.29. The van der Waals surface area contributed by atoms with Gasteiger partial charge in [-0.2, -0.15) is 0 Å². The number of aliphatic carboxylic acids is 1. The molecule has 0 heterocycles. The summed E-state index contributed by atoms with van der Waals surface area (Å²) < 4.78 is 32.3. The third-order valence-corrected chi connectivity index (χ3v) is 8.04. The number of hydrogen-bond acceptors (Lipinski definition) is 9. The summed E-state index contributed by atoms with van der Waals surface area (Å²) in [6.07, 6.45) is 32.4. The van der Waals surface area contributed by atoms with Gasteiger partial charge in [0.25, 0.3) is 0 Å². The second-order valence-corrected chi connectivity index (χ2v) is 13.1. The Labute approximate surface area is 288 Å². The molecule has 0 amide bonds. The summed E-state index contributed by atoms with van der Waals surface area (Å²) in [7, 11) is -4.70. The van der Waals surface area contributed by atoms with Crippen molar-refractivity contribution in [2.45, 2.75) is 142 Å². The zero-order chi connectivity index (χ0) is 35.7. The number of carboxylic acids is 1. The summed E-state index contributed by atoms with van der Waals surface area (Å²) in [5, 5.41) is 8.82. The van der Waals surface area contributed by atoms with E-state index in [1.807, 2.05) is 0 Å². The first kappa shape index (κ1) is 45.4. The van der Waals surface area contributed by atoms with Crippen molar-refractivity contribution in [2.75, 3.05) is 19.8 Å². The number of hydrogen-bond donors (Lipinski definition) is 3. The first-order valence-corrected chi connectivity index (χ1v) is 19.2. The summed E-state index contributed by atoms with van der Waals surface area (Å²) in [6, 6.07) is -1.52. The minimum absolute atomic E-state index is 0.143. The Morgan fingerprint density at radius 2 is 1.17 bits per heavy atom. The monoisotopic (exact) mass is 699 g/mol. The highest BCUT2D eigenvalue weighted by molar-refractivity contribution is 7.47. The highest BCUT2D eigenvalue weighted by Gasteiger charge is 2.28. The first-order valence-electron chi connectivity index (χ1n) is 17.7. The van der Waals surface area contributed by atoms with Gasteiger partial charge >= 0.3 is 25.7 Å². The highest BCUT2D eigenvalue weighted by Crippen LogP contribution is 2.43. The topological polar surface area (TPSA) is 172 Å². The molecule has 0 bridgehead atoms. The van der Waals surface area contributed by atoms with Crippen LogP contribution in [0.2, 0.25) is 0 Å². The summed E-state index contributed by atoms with van der Waals surface area (Å²) in [5.74, 6) is -2.42. The molecule has 0 radical (unpaired) electrons. The van der Waals surface area contributed by atoms with Gasteiger partial charge < -0.3 is 25.2 Å². The molecule has 11 nitrogen and oxygen atoms in total. The number of rotatable bonds is 32. The predicted octanol–water partition coefficient (Wildman–Crippen LogP) is 8.27. The Morgan fingerprint density at radius 3 is 1.75 bits per heavy atom. The van der Waals surface area contributed by atoms with Crippen LogP contribution in [-0.4, -0.2) is 59.9 Å². The molecule has 0 spiro atoms. The summed E-state index contributed by atoms with van der Waals surface area (Å²) in [6.45, 7) is 2.53. The molecule has 3 atom stereocenters. The zero-order valence-electron chi connectivity index (χ0n) is 29.3. The Kier molecular flexibility index (Phi) is 30.0. The molecule has 0 rings (SSSR count). The molecule has 0 aliphatic rings. The van der Waals surface area contributed by atoms with Gasteiger partial charge in [-0.25, -0.2) is 4.57 Å². The van der Waals surface area contributed by atoms with Gasteiger partial charge in [0, 0.05) is 12.8 Å². The molecule has 0 aromatic rings. The molecule has 4 N–H and O–H groups in total. The van der Waals surface area contributed by atoms with Gasteiger partial charge in [0.15, 0.2) is 6.10 Å². The van der Waals surface area contributed by atoms with E-state index in [9.17, 15) is 23.8 Å². The lowest BCUT2D eigenvalue weighted by molar-refractivity contribution is -0.161. The van der Waals surface area contributed by atoms with Crippen LogP contribution in [0.25, 0.3) is 0 Å². The van der Waals surface area contributed by atoms with Crippen LogP contribution in [0, 0.1) is 0 Å². The number of nitrogens with two attached hydrogens (primary N) is 1.